The number of carbonyl (C=O) groups excluding carboxylic acids is 1. The number of carbonyl (C=O) groups is 1. The Balaban J connectivity index is 0.000000170. The number of nitrogens with one attached hydrogen (secondary N) is 1. The topological polar surface area (TPSA) is 32.9 Å². The van der Waals surface area contributed by atoms with Crippen LogP contribution in [0.1, 0.15) is 0 Å². The number of halogens is 2. The normalized spacial score (nSPS) is 8.95. The van der Waals surface area contributed by atoms with Gasteiger partial charge in [0.05, 0.1) is 0 Å². The second kappa shape index (κ2) is 8.35. The van der Waals surface area contributed by atoms with Gasteiger partial charge in [0.2, 0.25) is 0 Å². The number of aromatic nitrogens is 1. The van der Waals surface area contributed by atoms with Crippen molar-refractivity contribution in [2.24, 2.45) is 0 Å². The smallest absolute Gasteiger partial charge is 0.106 e. The molecule has 0 amide bonds. The van der Waals surface area contributed by atoms with Gasteiger partial charge in [-0.05, 0) is 35.7 Å². The first-order chi connectivity index (χ1) is 9.25. The largest absolute Gasteiger partial charge is 0.361 e. The Bertz CT molecular complexity index is 575. The lowest BCUT2D eigenvalue weighted by Crippen LogP contribution is -1.61. The van der Waals surface area contributed by atoms with Gasteiger partial charge < -0.3 is 9.78 Å². The number of fused-ring (bicyclic) bond motifs is 1. The third-order valence-electron chi connectivity index (χ3n) is 2.25. The molecule has 0 saturated heterocycles. The van der Waals surface area contributed by atoms with Crippen LogP contribution in [-0.4, -0.2) is 11.8 Å². The Labute approximate surface area is 122 Å². The van der Waals surface area contributed by atoms with Crippen LogP contribution in [0.25, 0.3) is 10.9 Å². The van der Waals surface area contributed by atoms with E-state index in [1.54, 1.807) is 18.2 Å². The molecule has 2 aromatic carbocycles. The zero-order chi connectivity index (χ0) is 14.1. The van der Waals surface area contributed by atoms with Crippen LogP contribution in [0, 0.1) is 0 Å². The molecule has 0 spiro atoms. The fraction of sp³-hybridized carbons (Fsp3) is 0. The minimum Gasteiger partial charge on any atom is -0.361 e. The minimum absolute atomic E-state index is 0.678. The number of hydrogen-bond donors (Lipinski definition) is 1. The Morgan fingerprint density at radius 2 is 1.47 bits per heavy atom. The molecule has 0 radical (unpaired) electrons. The lowest BCUT2D eigenvalue weighted by molar-refractivity contribution is -0.0979. The zero-order valence-corrected chi connectivity index (χ0v) is 11.7. The molecule has 1 heterocycles. The van der Waals surface area contributed by atoms with E-state index in [-0.39, 0.29) is 0 Å². The highest BCUT2D eigenvalue weighted by molar-refractivity contribution is 6.34. The first kappa shape index (κ1) is 15.3. The Morgan fingerprint density at radius 1 is 0.842 bits per heavy atom. The number of H-pyrrole nitrogens is 1. The van der Waals surface area contributed by atoms with E-state index in [0.717, 1.165) is 0 Å². The summed E-state index contributed by atoms with van der Waals surface area (Å²) in [5, 5.41) is 2.63. The third-order valence-corrected chi connectivity index (χ3v) is 2.72. The Hall–Kier alpha value is -1.77. The van der Waals surface area contributed by atoms with Gasteiger partial charge in [-0.2, -0.15) is 0 Å². The zero-order valence-electron chi connectivity index (χ0n) is 10.1. The van der Waals surface area contributed by atoms with Crippen molar-refractivity contribution in [2.75, 3.05) is 0 Å². The summed E-state index contributed by atoms with van der Waals surface area (Å²) in [6.45, 7) is 2.00. The van der Waals surface area contributed by atoms with Crippen molar-refractivity contribution in [2.45, 2.75) is 0 Å². The summed E-state index contributed by atoms with van der Waals surface area (Å²) in [6, 6.07) is 17.4. The van der Waals surface area contributed by atoms with Gasteiger partial charge in [0.15, 0.2) is 0 Å². The van der Waals surface area contributed by atoms with Gasteiger partial charge >= 0.3 is 0 Å². The molecule has 2 nitrogen and oxygen atoms in total. The number of para-hydroxylation sites is 1. The first-order valence-corrected chi connectivity index (χ1v) is 6.23. The maximum absolute atomic E-state index is 8.00. The molecule has 98 valence electrons. The summed E-state index contributed by atoms with van der Waals surface area (Å²) in [4.78, 5) is 11.1. The second-order valence-corrected chi connectivity index (χ2v) is 4.38. The van der Waals surface area contributed by atoms with E-state index < -0.39 is 0 Å². The maximum Gasteiger partial charge on any atom is 0.106 e. The number of aromatic amines is 1. The molecule has 0 bridgehead atoms. The van der Waals surface area contributed by atoms with Crippen LogP contribution < -0.4 is 0 Å². The molecule has 19 heavy (non-hydrogen) atoms. The first-order valence-electron chi connectivity index (χ1n) is 5.48. The van der Waals surface area contributed by atoms with Crippen molar-refractivity contribution in [1.29, 1.82) is 0 Å². The number of hydrogen-bond acceptors (Lipinski definition) is 1. The molecule has 0 saturated carbocycles. The summed E-state index contributed by atoms with van der Waals surface area (Å²) in [7, 11) is 0. The van der Waals surface area contributed by atoms with E-state index in [0.29, 0.717) is 10.0 Å². The van der Waals surface area contributed by atoms with Crippen LogP contribution in [0.3, 0.4) is 0 Å². The highest BCUT2D eigenvalue weighted by Crippen LogP contribution is 2.14. The van der Waals surface area contributed by atoms with Crippen LogP contribution in [-0.2, 0) is 4.79 Å². The third kappa shape index (κ3) is 5.16. The molecule has 3 aromatic rings. The van der Waals surface area contributed by atoms with Gasteiger partial charge in [0.1, 0.15) is 6.79 Å². The predicted molar refractivity (Wildman–Crippen MR) is 81.9 cm³/mol. The quantitative estimate of drug-likeness (QED) is 0.623. The Morgan fingerprint density at radius 3 is 2.00 bits per heavy atom. The van der Waals surface area contributed by atoms with Crippen LogP contribution >= 0.6 is 23.2 Å². The lowest BCUT2D eigenvalue weighted by atomic mass is 10.3. The number of rotatable bonds is 0. The second-order valence-electron chi connectivity index (χ2n) is 3.50. The average Bonchev–Trinajstić information content (AvgIpc) is 2.90. The van der Waals surface area contributed by atoms with E-state index in [9.17, 15) is 0 Å². The molecule has 0 aliphatic carbocycles. The minimum atomic E-state index is 0.678. The molecule has 1 N–H and O–H groups in total. The summed E-state index contributed by atoms with van der Waals surface area (Å²) < 4.78 is 0. The van der Waals surface area contributed by atoms with Gasteiger partial charge in [-0.15, -0.1) is 0 Å². The molecule has 0 aliphatic heterocycles. The van der Waals surface area contributed by atoms with E-state index in [1.807, 2.05) is 31.2 Å². The highest BCUT2D eigenvalue weighted by atomic mass is 35.5. The molecule has 0 atom stereocenters. The van der Waals surface area contributed by atoms with Crippen molar-refractivity contribution in [3.05, 3.63) is 70.8 Å². The van der Waals surface area contributed by atoms with Crippen molar-refractivity contribution in [3.8, 4) is 0 Å². The molecule has 3 rings (SSSR count). The van der Waals surface area contributed by atoms with Crippen molar-refractivity contribution >= 4 is 40.9 Å². The summed E-state index contributed by atoms with van der Waals surface area (Å²) in [6.07, 6.45) is 1.95. The van der Waals surface area contributed by atoms with Crippen LogP contribution in [0.4, 0.5) is 0 Å². The SMILES string of the molecule is C=O.Clc1cccc(Cl)c1.c1ccc2[nH]ccc2c1. The molecule has 4 heteroatoms. The van der Waals surface area contributed by atoms with Gasteiger partial charge in [0.25, 0.3) is 0 Å². The summed E-state index contributed by atoms with van der Waals surface area (Å²) in [5.41, 5.74) is 1.21. The van der Waals surface area contributed by atoms with E-state index in [4.69, 9.17) is 28.0 Å². The molecule has 1 aromatic heterocycles. The van der Waals surface area contributed by atoms with Crippen molar-refractivity contribution in [1.82, 2.24) is 4.98 Å². The average molecular weight is 294 g/mol. The monoisotopic (exact) mass is 293 g/mol. The predicted octanol–water partition coefficient (Wildman–Crippen LogP) is 4.98. The van der Waals surface area contributed by atoms with Gasteiger partial charge in [-0.1, -0.05) is 47.5 Å². The number of benzene rings is 2. The summed E-state index contributed by atoms with van der Waals surface area (Å²) >= 11 is 11.1. The van der Waals surface area contributed by atoms with Crippen LogP contribution in [0.15, 0.2) is 60.8 Å². The standard InChI is InChI=1S/C8H7N.C6H4Cl2.CH2O/c1-2-4-8-7(3-1)5-6-9-8;7-5-2-1-3-6(8)4-5;1-2/h1-6,9H;1-4H;1H2. The molecule has 0 unspecified atom stereocenters. The maximum atomic E-state index is 8.00. The fourth-order valence-corrected chi connectivity index (χ4v) is 1.89. The van der Waals surface area contributed by atoms with E-state index in [1.165, 1.54) is 10.9 Å². The van der Waals surface area contributed by atoms with Crippen LogP contribution in [0.2, 0.25) is 10.0 Å². The molecule has 0 fully saturated rings. The van der Waals surface area contributed by atoms with Crippen LogP contribution in [0.5, 0.6) is 0 Å². The Kier molecular flexibility index (Phi) is 6.72. The molecule has 0 aliphatic rings. The van der Waals surface area contributed by atoms with Crippen molar-refractivity contribution in [3.63, 3.8) is 0 Å². The highest BCUT2D eigenvalue weighted by Gasteiger charge is 1.86. The summed E-state index contributed by atoms with van der Waals surface area (Å²) in [5.74, 6) is 0. The molecular formula is C15H13Cl2NO. The van der Waals surface area contributed by atoms with Gasteiger partial charge in [0, 0.05) is 21.8 Å². The molecular weight excluding hydrogens is 281 g/mol. The van der Waals surface area contributed by atoms with Gasteiger partial charge in [-0.3, -0.25) is 0 Å². The van der Waals surface area contributed by atoms with Crippen molar-refractivity contribution < 1.29 is 4.79 Å². The van der Waals surface area contributed by atoms with E-state index >= 15 is 0 Å². The fourth-order valence-electron chi connectivity index (χ4n) is 1.45. The lowest BCUT2D eigenvalue weighted by Gasteiger charge is -1.86. The van der Waals surface area contributed by atoms with Gasteiger partial charge in [-0.25, -0.2) is 0 Å². The van der Waals surface area contributed by atoms with E-state index in [2.05, 4.69) is 23.2 Å².